The molecular formula is C27H26F2N2O4. The third-order valence-electron chi connectivity index (χ3n) is 5.94. The van der Waals surface area contributed by atoms with Crippen molar-refractivity contribution in [3.05, 3.63) is 101 Å². The molecule has 0 radical (unpaired) electrons. The lowest BCUT2D eigenvalue weighted by atomic mass is 9.95. The highest BCUT2D eigenvalue weighted by molar-refractivity contribution is 5.96. The summed E-state index contributed by atoms with van der Waals surface area (Å²) in [5.74, 6) is -1.27. The quantitative estimate of drug-likeness (QED) is 0.339. The summed E-state index contributed by atoms with van der Waals surface area (Å²) in [4.78, 5) is 17.7. The number of hydrogen-bond acceptors (Lipinski definition) is 5. The second-order valence-electron chi connectivity index (χ2n) is 8.41. The maximum atomic E-state index is 14.0. The van der Waals surface area contributed by atoms with Gasteiger partial charge in [-0.25, -0.2) is 13.8 Å². The summed E-state index contributed by atoms with van der Waals surface area (Å²) in [5, 5.41) is 20.1. The Bertz CT molecular complexity index is 1350. The second kappa shape index (κ2) is 10.3. The summed E-state index contributed by atoms with van der Waals surface area (Å²) >= 11 is 0. The van der Waals surface area contributed by atoms with Gasteiger partial charge in [0.1, 0.15) is 30.0 Å². The summed E-state index contributed by atoms with van der Waals surface area (Å²) in [7, 11) is 0. The van der Waals surface area contributed by atoms with Crippen LogP contribution in [0.25, 0.3) is 5.65 Å². The van der Waals surface area contributed by atoms with Gasteiger partial charge in [-0.15, -0.1) is 0 Å². The smallest absolute Gasteiger partial charge is 0.181 e. The number of halogens is 2. The number of ketones is 1. The largest absolute Gasteiger partial charge is 0.485 e. The lowest BCUT2D eigenvalue weighted by Gasteiger charge is -2.17. The molecule has 0 spiro atoms. The van der Waals surface area contributed by atoms with E-state index in [0.29, 0.717) is 34.8 Å². The van der Waals surface area contributed by atoms with Crippen LogP contribution in [0, 0.1) is 18.6 Å². The van der Waals surface area contributed by atoms with Crippen LogP contribution in [0.15, 0.2) is 60.8 Å². The molecule has 4 rings (SSSR count). The SMILES string of the molecule is Cc1nc2c(OCc3c(F)cccc3F)cccn2c1C(=O)CCc1ccccc1[C@H](O)[C@@H](C)O. The molecule has 0 aliphatic heterocycles. The van der Waals surface area contributed by atoms with E-state index in [9.17, 15) is 23.8 Å². The molecule has 0 aliphatic rings. The molecule has 0 aliphatic carbocycles. The number of benzene rings is 2. The Hall–Kier alpha value is -3.62. The standard InChI is InChI=1S/C27H26F2N2O4/c1-16-25(23(33)13-12-18-7-3-4-8-19(18)26(34)17(2)32)31-14-6-11-24(27(31)30-16)35-15-20-21(28)9-5-10-22(20)29/h3-11,14,17,26,32,34H,12-13,15H2,1-2H3/t17-,26-/m1/s1. The molecule has 0 saturated carbocycles. The zero-order chi connectivity index (χ0) is 25.1. The van der Waals surface area contributed by atoms with Gasteiger partial charge in [-0.2, -0.15) is 0 Å². The van der Waals surface area contributed by atoms with E-state index in [4.69, 9.17) is 4.74 Å². The van der Waals surface area contributed by atoms with E-state index in [0.717, 1.165) is 17.7 Å². The second-order valence-corrected chi connectivity index (χ2v) is 8.41. The van der Waals surface area contributed by atoms with Gasteiger partial charge >= 0.3 is 0 Å². The highest BCUT2D eigenvalue weighted by Gasteiger charge is 2.21. The van der Waals surface area contributed by atoms with Crippen LogP contribution in [0.5, 0.6) is 5.75 Å². The number of imidazole rings is 1. The van der Waals surface area contributed by atoms with Crippen molar-refractivity contribution < 1.29 is 28.5 Å². The van der Waals surface area contributed by atoms with Crippen molar-refractivity contribution in [2.45, 2.75) is 45.5 Å². The van der Waals surface area contributed by atoms with E-state index in [1.807, 2.05) is 12.1 Å². The fourth-order valence-electron chi connectivity index (χ4n) is 4.10. The number of fused-ring (bicyclic) bond motifs is 1. The van der Waals surface area contributed by atoms with Crippen molar-refractivity contribution in [3.8, 4) is 5.75 Å². The van der Waals surface area contributed by atoms with Crippen LogP contribution >= 0.6 is 0 Å². The van der Waals surface area contributed by atoms with E-state index in [1.54, 1.807) is 41.8 Å². The molecule has 2 heterocycles. The highest BCUT2D eigenvalue weighted by Crippen LogP contribution is 2.26. The number of aliphatic hydroxyl groups excluding tert-OH is 2. The van der Waals surface area contributed by atoms with Crippen molar-refractivity contribution in [2.75, 3.05) is 0 Å². The zero-order valence-electron chi connectivity index (χ0n) is 19.4. The first kappa shape index (κ1) is 24.5. The molecule has 0 amide bonds. The van der Waals surface area contributed by atoms with Crippen molar-refractivity contribution in [1.29, 1.82) is 0 Å². The van der Waals surface area contributed by atoms with Gasteiger partial charge in [0, 0.05) is 12.6 Å². The van der Waals surface area contributed by atoms with Crippen molar-refractivity contribution in [2.24, 2.45) is 0 Å². The predicted octanol–water partition coefficient (Wildman–Crippen LogP) is 4.73. The van der Waals surface area contributed by atoms with Crippen LogP contribution in [0.4, 0.5) is 8.78 Å². The van der Waals surface area contributed by atoms with E-state index in [1.165, 1.54) is 13.0 Å². The molecular weight excluding hydrogens is 454 g/mol. The predicted molar refractivity (Wildman–Crippen MR) is 126 cm³/mol. The number of carbonyl (C=O) groups excluding carboxylic acids is 1. The average molecular weight is 481 g/mol. The molecule has 0 unspecified atom stereocenters. The van der Waals surface area contributed by atoms with Gasteiger partial charge in [0.25, 0.3) is 0 Å². The van der Waals surface area contributed by atoms with E-state index >= 15 is 0 Å². The molecule has 6 nitrogen and oxygen atoms in total. The first-order valence-corrected chi connectivity index (χ1v) is 11.3. The van der Waals surface area contributed by atoms with Gasteiger partial charge in [0.15, 0.2) is 17.2 Å². The number of hydrogen-bond donors (Lipinski definition) is 2. The first-order valence-electron chi connectivity index (χ1n) is 11.3. The minimum absolute atomic E-state index is 0.156. The van der Waals surface area contributed by atoms with E-state index in [-0.39, 0.29) is 24.4 Å². The third kappa shape index (κ3) is 5.08. The number of pyridine rings is 1. The summed E-state index contributed by atoms with van der Waals surface area (Å²) < 4.78 is 35.2. The number of ether oxygens (including phenoxy) is 1. The Morgan fingerprint density at radius 3 is 2.49 bits per heavy atom. The average Bonchev–Trinajstić information content (AvgIpc) is 3.18. The van der Waals surface area contributed by atoms with Gasteiger partial charge in [-0.1, -0.05) is 30.3 Å². The number of aryl methyl sites for hydroxylation is 2. The van der Waals surface area contributed by atoms with Crippen LogP contribution in [0.1, 0.15) is 52.3 Å². The number of carbonyl (C=O) groups is 1. The van der Waals surface area contributed by atoms with Crippen LogP contribution in [-0.4, -0.2) is 31.5 Å². The van der Waals surface area contributed by atoms with E-state index in [2.05, 4.69) is 4.98 Å². The van der Waals surface area contributed by atoms with Crippen LogP contribution in [0.3, 0.4) is 0 Å². The van der Waals surface area contributed by atoms with Gasteiger partial charge in [0.2, 0.25) is 0 Å². The number of nitrogens with zero attached hydrogens (tertiary/aromatic N) is 2. The van der Waals surface area contributed by atoms with Crippen LogP contribution in [0.2, 0.25) is 0 Å². The van der Waals surface area contributed by atoms with Crippen molar-refractivity contribution >= 4 is 11.4 Å². The molecule has 182 valence electrons. The van der Waals surface area contributed by atoms with Gasteiger partial charge in [-0.05, 0) is 55.7 Å². The number of Topliss-reactive ketones (excluding diaryl/α,β-unsaturated/α-hetero) is 1. The number of rotatable bonds is 9. The topological polar surface area (TPSA) is 84.1 Å². The van der Waals surface area contributed by atoms with Gasteiger partial charge in [-0.3, -0.25) is 9.20 Å². The Morgan fingerprint density at radius 1 is 1.06 bits per heavy atom. The molecule has 2 atom stereocenters. The maximum absolute atomic E-state index is 14.0. The van der Waals surface area contributed by atoms with Gasteiger partial charge in [0.05, 0.1) is 17.4 Å². The monoisotopic (exact) mass is 480 g/mol. The minimum Gasteiger partial charge on any atom is -0.485 e. The Balaban J connectivity index is 1.56. The molecule has 8 heteroatoms. The Labute approximate surface area is 201 Å². The molecule has 2 aromatic carbocycles. The summed E-state index contributed by atoms with van der Waals surface area (Å²) in [6, 6.07) is 14.1. The Morgan fingerprint density at radius 2 is 1.77 bits per heavy atom. The van der Waals surface area contributed by atoms with Crippen molar-refractivity contribution in [3.63, 3.8) is 0 Å². The highest BCUT2D eigenvalue weighted by atomic mass is 19.1. The number of aromatic nitrogens is 2. The van der Waals surface area contributed by atoms with Crippen LogP contribution in [-0.2, 0) is 13.0 Å². The fourth-order valence-corrected chi connectivity index (χ4v) is 4.10. The summed E-state index contributed by atoms with van der Waals surface area (Å²) in [5.41, 5.74) is 2.43. The molecule has 35 heavy (non-hydrogen) atoms. The Kier molecular flexibility index (Phi) is 7.23. The maximum Gasteiger partial charge on any atom is 0.181 e. The summed E-state index contributed by atoms with van der Waals surface area (Å²) in [6.45, 7) is 2.90. The lowest BCUT2D eigenvalue weighted by molar-refractivity contribution is 0.0300. The third-order valence-corrected chi connectivity index (χ3v) is 5.94. The fraction of sp³-hybridized carbons (Fsp3) is 0.259. The normalized spacial score (nSPS) is 13.1. The molecule has 0 fully saturated rings. The van der Waals surface area contributed by atoms with E-state index < -0.39 is 23.8 Å². The first-order chi connectivity index (χ1) is 16.8. The molecule has 2 aromatic heterocycles. The van der Waals surface area contributed by atoms with Crippen molar-refractivity contribution in [1.82, 2.24) is 9.38 Å². The zero-order valence-corrected chi connectivity index (χ0v) is 19.4. The molecule has 0 saturated heterocycles. The minimum atomic E-state index is -1.04. The molecule has 4 aromatic rings. The van der Waals surface area contributed by atoms with Gasteiger partial charge < -0.3 is 14.9 Å². The molecule has 0 bridgehead atoms. The summed E-state index contributed by atoms with van der Waals surface area (Å²) in [6.07, 6.45) is 0.226. The molecule has 2 N–H and O–H groups in total. The van der Waals surface area contributed by atoms with Crippen LogP contribution < -0.4 is 4.74 Å². The lowest BCUT2D eigenvalue weighted by Crippen LogP contribution is -2.16. The number of aliphatic hydroxyl groups is 2.